The minimum Gasteiger partial charge on any atom is -0.353 e. The van der Waals surface area contributed by atoms with Crippen LogP contribution in [-0.4, -0.2) is 40.1 Å². The summed E-state index contributed by atoms with van der Waals surface area (Å²) in [6, 6.07) is 3.68. The van der Waals surface area contributed by atoms with Crippen LogP contribution in [0.25, 0.3) is 0 Å². The molecule has 5 nitrogen and oxygen atoms in total. The van der Waals surface area contributed by atoms with Gasteiger partial charge in [-0.05, 0) is 32.5 Å². The monoisotopic (exact) mass is 270 g/mol. The topological polar surface area (TPSA) is 58.1 Å². The number of hydrogen-bond acceptors (Lipinski definition) is 4. The zero-order valence-corrected chi connectivity index (χ0v) is 11.7. The normalized spacial score (nSPS) is 11.0. The average molecular weight is 271 g/mol. The van der Waals surface area contributed by atoms with Crippen LogP contribution in [0.3, 0.4) is 0 Å². The molecule has 0 aliphatic heterocycles. The molecule has 0 bridgehead atoms. The molecule has 1 amide bonds. The van der Waals surface area contributed by atoms with E-state index in [1.165, 1.54) is 0 Å². The Hall–Kier alpha value is -1.20. The molecular weight excluding hydrogens is 252 g/mol. The third kappa shape index (κ3) is 5.42. The van der Waals surface area contributed by atoms with E-state index < -0.39 is 0 Å². The van der Waals surface area contributed by atoms with Crippen LogP contribution in [0.2, 0.25) is 5.15 Å². The van der Waals surface area contributed by atoms with Gasteiger partial charge in [-0.15, -0.1) is 5.10 Å². The highest BCUT2D eigenvalue weighted by molar-refractivity contribution is 6.29. The fourth-order valence-corrected chi connectivity index (χ4v) is 1.61. The average Bonchev–Trinajstić information content (AvgIpc) is 2.30. The largest absolute Gasteiger partial charge is 0.353 e. The van der Waals surface area contributed by atoms with Gasteiger partial charge in [0.05, 0.1) is 12.2 Å². The summed E-state index contributed by atoms with van der Waals surface area (Å²) >= 11 is 5.67. The van der Waals surface area contributed by atoms with Crippen LogP contribution < -0.4 is 5.32 Å². The number of nitrogens with zero attached hydrogens (tertiary/aromatic N) is 3. The summed E-state index contributed by atoms with van der Waals surface area (Å²) in [7, 11) is 0. The summed E-state index contributed by atoms with van der Waals surface area (Å²) in [6.45, 7) is 7.62. The van der Waals surface area contributed by atoms with Gasteiger partial charge < -0.3 is 5.32 Å². The van der Waals surface area contributed by atoms with E-state index >= 15 is 0 Å². The van der Waals surface area contributed by atoms with Gasteiger partial charge in [0.1, 0.15) is 0 Å². The first kappa shape index (κ1) is 14.9. The Morgan fingerprint density at radius 3 is 2.67 bits per heavy atom. The first-order valence-electron chi connectivity index (χ1n) is 6.01. The predicted octanol–water partition coefficient (Wildman–Crippen LogP) is 1.48. The summed E-state index contributed by atoms with van der Waals surface area (Å²) in [5.74, 6) is 0.0220. The molecule has 1 heterocycles. The van der Waals surface area contributed by atoms with E-state index in [0.29, 0.717) is 18.2 Å². The fraction of sp³-hybridized carbons (Fsp3) is 0.583. The molecule has 0 aliphatic rings. The van der Waals surface area contributed by atoms with E-state index in [-0.39, 0.29) is 11.9 Å². The van der Waals surface area contributed by atoms with Crippen molar-refractivity contribution in [2.45, 2.75) is 33.4 Å². The SMILES string of the molecule is CCN(CC(=O)NC(C)C)Cc1ccc(Cl)nn1. The molecule has 0 fully saturated rings. The smallest absolute Gasteiger partial charge is 0.234 e. The van der Waals surface area contributed by atoms with Crippen molar-refractivity contribution in [1.29, 1.82) is 0 Å². The second kappa shape index (κ2) is 7.28. The molecule has 1 rings (SSSR count). The number of nitrogens with one attached hydrogen (secondary N) is 1. The second-order valence-electron chi connectivity index (χ2n) is 4.37. The number of hydrogen-bond donors (Lipinski definition) is 1. The molecule has 1 aromatic rings. The van der Waals surface area contributed by atoms with Gasteiger partial charge in [-0.1, -0.05) is 18.5 Å². The van der Waals surface area contributed by atoms with Gasteiger partial charge in [-0.2, -0.15) is 5.10 Å². The van der Waals surface area contributed by atoms with Gasteiger partial charge in [0, 0.05) is 12.6 Å². The van der Waals surface area contributed by atoms with Gasteiger partial charge in [0.25, 0.3) is 0 Å². The van der Waals surface area contributed by atoms with Crippen molar-refractivity contribution in [2.24, 2.45) is 0 Å². The Balaban J connectivity index is 2.51. The highest BCUT2D eigenvalue weighted by Crippen LogP contribution is 2.05. The lowest BCUT2D eigenvalue weighted by atomic mass is 10.3. The molecule has 0 unspecified atom stereocenters. The summed E-state index contributed by atoms with van der Waals surface area (Å²) < 4.78 is 0. The number of likely N-dealkylation sites (N-methyl/N-ethyl adjacent to an activating group) is 1. The second-order valence-corrected chi connectivity index (χ2v) is 4.76. The van der Waals surface area contributed by atoms with Crippen LogP contribution in [0.4, 0.5) is 0 Å². The molecule has 0 radical (unpaired) electrons. The Morgan fingerprint density at radius 2 is 2.17 bits per heavy atom. The number of aromatic nitrogens is 2. The quantitative estimate of drug-likeness (QED) is 0.851. The van der Waals surface area contributed by atoms with E-state index in [1.54, 1.807) is 6.07 Å². The molecule has 0 aliphatic carbocycles. The Labute approximate surface area is 113 Å². The maximum Gasteiger partial charge on any atom is 0.234 e. The molecular formula is C12H19ClN4O. The molecule has 0 aromatic carbocycles. The minimum atomic E-state index is 0.0220. The summed E-state index contributed by atoms with van der Waals surface area (Å²) in [6.07, 6.45) is 0. The van der Waals surface area contributed by atoms with Crippen LogP contribution in [0.15, 0.2) is 12.1 Å². The van der Waals surface area contributed by atoms with Gasteiger partial charge in [-0.25, -0.2) is 0 Å². The molecule has 0 saturated carbocycles. The van der Waals surface area contributed by atoms with Gasteiger partial charge in [0.2, 0.25) is 5.91 Å². The Kier molecular flexibility index (Phi) is 6.01. The van der Waals surface area contributed by atoms with E-state index in [0.717, 1.165) is 12.2 Å². The maximum atomic E-state index is 11.7. The lowest BCUT2D eigenvalue weighted by Crippen LogP contribution is -2.39. The van der Waals surface area contributed by atoms with Crippen molar-refractivity contribution in [3.05, 3.63) is 23.0 Å². The summed E-state index contributed by atoms with van der Waals surface area (Å²) in [4.78, 5) is 13.7. The van der Waals surface area contributed by atoms with E-state index in [2.05, 4.69) is 15.5 Å². The van der Waals surface area contributed by atoms with Crippen molar-refractivity contribution in [1.82, 2.24) is 20.4 Å². The van der Waals surface area contributed by atoms with Crippen LogP contribution in [-0.2, 0) is 11.3 Å². The van der Waals surface area contributed by atoms with Gasteiger partial charge >= 0.3 is 0 Å². The number of rotatable bonds is 6. The highest BCUT2D eigenvalue weighted by atomic mass is 35.5. The molecule has 6 heteroatoms. The van der Waals surface area contributed by atoms with E-state index in [4.69, 9.17) is 11.6 Å². The Bertz CT molecular complexity index is 380. The first-order valence-corrected chi connectivity index (χ1v) is 6.39. The van der Waals surface area contributed by atoms with Crippen LogP contribution in [0.5, 0.6) is 0 Å². The molecule has 18 heavy (non-hydrogen) atoms. The van der Waals surface area contributed by atoms with E-state index in [1.807, 2.05) is 31.7 Å². The van der Waals surface area contributed by atoms with Crippen LogP contribution in [0.1, 0.15) is 26.5 Å². The van der Waals surface area contributed by atoms with Gasteiger partial charge in [0.15, 0.2) is 5.15 Å². The summed E-state index contributed by atoms with van der Waals surface area (Å²) in [5.41, 5.74) is 0.804. The van der Waals surface area contributed by atoms with Crippen molar-refractivity contribution in [2.75, 3.05) is 13.1 Å². The lowest BCUT2D eigenvalue weighted by Gasteiger charge is -2.19. The highest BCUT2D eigenvalue weighted by Gasteiger charge is 2.11. The zero-order valence-electron chi connectivity index (χ0n) is 11.0. The number of amides is 1. The fourth-order valence-electron chi connectivity index (χ4n) is 1.51. The Morgan fingerprint density at radius 1 is 1.44 bits per heavy atom. The molecule has 1 aromatic heterocycles. The van der Waals surface area contributed by atoms with Crippen LogP contribution in [0, 0.1) is 0 Å². The number of carbonyl (C=O) groups excluding carboxylic acids is 1. The van der Waals surface area contributed by atoms with Crippen molar-refractivity contribution < 1.29 is 4.79 Å². The molecule has 0 atom stereocenters. The standard InChI is InChI=1S/C12H19ClN4O/c1-4-17(8-12(18)14-9(2)3)7-10-5-6-11(13)16-15-10/h5-6,9H,4,7-8H2,1-3H3,(H,14,18). The van der Waals surface area contributed by atoms with Gasteiger partial charge in [-0.3, -0.25) is 9.69 Å². The lowest BCUT2D eigenvalue weighted by molar-refractivity contribution is -0.122. The number of carbonyl (C=O) groups is 1. The zero-order chi connectivity index (χ0) is 13.5. The van der Waals surface area contributed by atoms with Crippen molar-refractivity contribution in [3.63, 3.8) is 0 Å². The number of halogens is 1. The predicted molar refractivity (Wildman–Crippen MR) is 71.3 cm³/mol. The summed E-state index contributed by atoms with van der Waals surface area (Å²) in [5, 5.41) is 11.0. The molecule has 0 saturated heterocycles. The first-order chi connectivity index (χ1) is 8.51. The molecule has 100 valence electrons. The third-order valence-electron chi connectivity index (χ3n) is 2.34. The third-order valence-corrected chi connectivity index (χ3v) is 2.54. The van der Waals surface area contributed by atoms with Crippen molar-refractivity contribution >= 4 is 17.5 Å². The van der Waals surface area contributed by atoms with Crippen LogP contribution >= 0.6 is 11.6 Å². The molecule has 1 N–H and O–H groups in total. The van der Waals surface area contributed by atoms with E-state index in [9.17, 15) is 4.79 Å². The minimum absolute atomic E-state index is 0.0220. The molecule has 0 spiro atoms. The van der Waals surface area contributed by atoms with Crippen molar-refractivity contribution in [3.8, 4) is 0 Å². The maximum absolute atomic E-state index is 11.7.